The number of fused-ring (bicyclic) bond motifs is 1. The van der Waals surface area contributed by atoms with Gasteiger partial charge in [-0.25, -0.2) is 9.37 Å². The van der Waals surface area contributed by atoms with E-state index in [0.29, 0.717) is 13.1 Å². The van der Waals surface area contributed by atoms with E-state index >= 15 is 0 Å². The molecule has 0 amide bonds. The molecule has 0 saturated heterocycles. The van der Waals surface area contributed by atoms with Crippen LogP contribution in [0.3, 0.4) is 0 Å². The molecule has 0 fully saturated rings. The number of aromatic nitrogens is 2. The fourth-order valence-electron chi connectivity index (χ4n) is 2.79. The van der Waals surface area contributed by atoms with Crippen LogP contribution in [0.4, 0.5) is 4.39 Å². The molecule has 3 rings (SSSR count). The fourth-order valence-corrected chi connectivity index (χ4v) is 2.79. The SMILES string of the molecule is CN=C(NCCc1nc2ccccc2[nH]1)N(C)Cc1cccc(F)c1.I. The first-order valence-electron chi connectivity index (χ1n) is 8.25. The fraction of sp³-hybridized carbons (Fsp3) is 0.263. The number of imidazole rings is 1. The van der Waals surface area contributed by atoms with E-state index in [1.807, 2.05) is 42.3 Å². The monoisotopic (exact) mass is 467 g/mol. The van der Waals surface area contributed by atoms with Gasteiger partial charge in [-0.3, -0.25) is 4.99 Å². The van der Waals surface area contributed by atoms with Crippen LogP contribution in [0.2, 0.25) is 0 Å². The van der Waals surface area contributed by atoms with E-state index in [0.717, 1.165) is 34.8 Å². The quantitative estimate of drug-likeness (QED) is 0.343. The highest BCUT2D eigenvalue weighted by Crippen LogP contribution is 2.10. The van der Waals surface area contributed by atoms with Crippen molar-refractivity contribution in [2.24, 2.45) is 4.99 Å². The maximum Gasteiger partial charge on any atom is 0.193 e. The second kappa shape index (κ2) is 9.51. The van der Waals surface area contributed by atoms with Crippen LogP contribution in [-0.2, 0) is 13.0 Å². The van der Waals surface area contributed by atoms with Gasteiger partial charge in [-0.05, 0) is 29.8 Å². The Kier molecular flexibility index (Phi) is 7.38. The number of hydrogen-bond donors (Lipinski definition) is 2. The zero-order valence-corrected chi connectivity index (χ0v) is 17.2. The molecule has 2 N–H and O–H groups in total. The molecule has 3 aromatic rings. The number of nitrogens with zero attached hydrogens (tertiary/aromatic N) is 3. The molecule has 0 aliphatic heterocycles. The highest BCUT2D eigenvalue weighted by Gasteiger charge is 2.08. The zero-order valence-electron chi connectivity index (χ0n) is 14.9. The molecule has 0 aliphatic rings. The number of rotatable bonds is 5. The standard InChI is InChI=1S/C19H22FN5.HI/c1-21-19(25(2)13-14-6-5-7-15(20)12-14)22-11-10-18-23-16-8-3-4-9-17(16)24-18;/h3-9,12H,10-11,13H2,1-2H3,(H,21,22)(H,23,24);1H. The second-order valence-corrected chi connectivity index (χ2v) is 5.91. The van der Waals surface area contributed by atoms with Crippen molar-refractivity contribution >= 4 is 41.0 Å². The summed E-state index contributed by atoms with van der Waals surface area (Å²) < 4.78 is 13.3. The lowest BCUT2D eigenvalue weighted by molar-refractivity contribution is 0.475. The molecular weight excluding hydrogens is 444 g/mol. The van der Waals surface area contributed by atoms with E-state index in [1.54, 1.807) is 13.1 Å². The van der Waals surface area contributed by atoms with Gasteiger partial charge < -0.3 is 15.2 Å². The van der Waals surface area contributed by atoms with Crippen LogP contribution in [0.25, 0.3) is 11.0 Å². The van der Waals surface area contributed by atoms with Crippen LogP contribution in [0.15, 0.2) is 53.5 Å². The first-order chi connectivity index (χ1) is 12.2. The molecule has 138 valence electrons. The van der Waals surface area contributed by atoms with E-state index in [1.165, 1.54) is 12.1 Å². The van der Waals surface area contributed by atoms with Crippen LogP contribution in [0.5, 0.6) is 0 Å². The molecule has 26 heavy (non-hydrogen) atoms. The lowest BCUT2D eigenvalue weighted by atomic mass is 10.2. The molecule has 0 saturated carbocycles. The van der Waals surface area contributed by atoms with Crippen molar-refractivity contribution in [1.29, 1.82) is 0 Å². The van der Waals surface area contributed by atoms with E-state index in [2.05, 4.69) is 20.3 Å². The summed E-state index contributed by atoms with van der Waals surface area (Å²) in [6.45, 7) is 1.29. The number of para-hydroxylation sites is 2. The Hall–Kier alpha value is -2.16. The van der Waals surface area contributed by atoms with Crippen LogP contribution < -0.4 is 5.32 Å². The lowest BCUT2D eigenvalue weighted by Gasteiger charge is -2.22. The van der Waals surface area contributed by atoms with Crippen molar-refractivity contribution in [2.75, 3.05) is 20.6 Å². The molecule has 7 heteroatoms. The number of nitrogens with one attached hydrogen (secondary N) is 2. The summed E-state index contributed by atoms with van der Waals surface area (Å²) in [6, 6.07) is 14.6. The highest BCUT2D eigenvalue weighted by molar-refractivity contribution is 14.0. The smallest absolute Gasteiger partial charge is 0.193 e. The summed E-state index contributed by atoms with van der Waals surface area (Å²) in [5.41, 5.74) is 2.93. The molecule has 0 bridgehead atoms. The minimum absolute atomic E-state index is 0. The summed E-state index contributed by atoms with van der Waals surface area (Å²) >= 11 is 0. The zero-order chi connectivity index (χ0) is 17.6. The molecule has 2 aromatic carbocycles. The van der Waals surface area contributed by atoms with Gasteiger partial charge in [0.1, 0.15) is 11.6 Å². The molecule has 0 radical (unpaired) electrons. The Morgan fingerprint density at radius 2 is 2.04 bits per heavy atom. The molecule has 0 aliphatic carbocycles. The Labute approximate surface area is 169 Å². The van der Waals surface area contributed by atoms with Gasteiger partial charge in [0.2, 0.25) is 0 Å². The third-order valence-electron chi connectivity index (χ3n) is 3.97. The van der Waals surface area contributed by atoms with Gasteiger partial charge in [0.25, 0.3) is 0 Å². The van der Waals surface area contributed by atoms with Gasteiger partial charge in [-0.1, -0.05) is 24.3 Å². The lowest BCUT2D eigenvalue weighted by Crippen LogP contribution is -2.39. The first-order valence-corrected chi connectivity index (χ1v) is 8.25. The van der Waals surface area contributed by atoms with E-state index in [-0.39, 0.29) is 29.8 Å². The second-order valence-electron chi connectivity index (χ2n) is 5.91. The molecule has 0 atom stereocenters. The molecule has 1 heterocycles. The largest absolute Gasteiger partial charge is 0.356 e. The van der Waals surface area contributed by atoms with Gasteiger partial charge in [-0.15, -0.1) is 24.0 Å². The van der Waals surface area contributed by atoms with Crippen LogP contribution in [-0.4, -0.2) is 41.5 Å². The summed E-state index contributed by atoms with van der Waals surface area (Å²) in [7, 11) is 3.67. The molecule has 0 spiro atoms. The summed E-state index contributed by atoms with van der Waals surface area (Å²) in [4.78, 5) is 14.1. The minimum atomic E-state index is -0.223. The molecular formula is C19H23FIN5. The molecule has 5 nitrogen and oxygen atoms in total. The van der Waals surface area contributed by atoms with Crippen LogP contribution >= 0.6 is 24.0 Å². The van der Waals surface area contributed by atoms with Crippen LogP contribution in [0.1, 0.15) is 11.4 Å². The Balaban J connectivity index is 0.00000243. The topological polar surface area (TPSA) is 56.3 Å². The van der Waals surface area contributed by atoms with Gasteiger partial charge in [0.15, 0.2) is 5.96 Å². The third-order valence-corrected chi connectivity index (χ3v) is 3.97. The third kappa shape index (κ3) is 5.17. The van der Waals surface area contributed by atoms with Crippen molar-refractivity contribution in [2.45, 2.75) is 13.0 Å². The maximum atomic E-state index is 13.3. The van der Waals surface area contributed by atoms with Crippen LogP contribution in [0, 0.1) is 5.82 Å². The van der Waals surface area contributed by atoms with Gasteiger partial charge in [0, 0.05) is 33.6 Å². The average Bonchev–Trinajstić information content (AvgIpc) is 3.01. The summed E-state index contributed by atoms with van der Waals surface area (Å²) in [5.74, 6) is 1.48. The van der Waals surface area contributed by atoms with Gasteiger partial charge >= 0.3 is 0 Å². The first kappa shape index (κ1) is 20.2. The van der Waals surface area contributed by atoms with Crippen molar-refractivity contribution in [3.8, 4) is 0 Å². The summed E-state index contributed by atoms with van der Waals surface area (Å²) in [6.07, 6.45) is 0.765. The maximum absolute atomic E-state index is 13.3. The predicted molar refractivity (Wildman–Crippen MR) is 114 cm³/mol. The van der Waals surface area contributed by atoms with Crippen molar-refractivity contribution in [3.05, 3.63) is 65.7 Å². The average molecular weight is 467 g/mol. The number of benzene rings is 2. The number of halogens is 2. The molecule has 0 unspecified atom stereocenters. The van der Waals surface area contributed by atoms with Gasteiger partial charge in [-0.2, -0.15) is 0 Å². The Morgan fingerprint density at radius 1 is 1.23 bits per heavy atom. The number of aliphatic imine (C=N–C) groups is 1. The number of aromatic amines is 1. The van der Waals surface area contributed by atoms with E-state index < -0.39 is 0 Å². The number of guanidine groups is 1. The van der Waals surface area contributed by atoms with E-state index in [9.17, 15) is 4.39 Å². The minimum Gasteiger partial charge on any atom is -0.356 e. The summed E-state index contributed by atoms with van der Waals surface area (Å²) in [5, 5.41) is 3.32. The highest BCUT2D eigenvalue weighted by atomic mass is 127. The predicted octanol–water partition coefficient (Wildman–Crippen LogP) is 3.57. The van der Waals surface area contributed by atoms with Crippen molar-refractivity contribution < 1.29 is 4.39 Å². The number of hydrogen-bond acceptors (Lipinski definition) is 2. The van der Waals surface area contributed by atoms with Gasteiger partial charge in [0.05, 0.1) is 11.0 Å². The normalized spacial score (nSPS) is 11.3. The molecule has 1 aromatic heterocycles. The Bertz CT molecular complexity index is 844. The van der Waals surface area contributed by atoms with Crippen molar-refractivity contribution in [3.63, 3.8) is 0 Å². The van der Waals surface area contributed by atoms with Crippen molar-refractivity contribution in [1.82, 2.24) is 20.2 Å². The Morgan fingerprint density at radius 3 is 2.77 bits per heavy atom. The number of H-pyrrole nitrogens is 1. The van der Waals surface area contributed by atoms with E-state index in [4.69, 9.17) is 0 Å².